The van der Waals surface area contributed by atoms with Crippen LogP contribution in [-0.4, -0.2) is 20.4 Å². The molecular weight excluding hydrogens is 360 g/mol. The van der Waals surface area contributed by atoms with Crippen molar-refractivity contribution in [1.82, 2.24) is 10.0 Å². The van der Waals surface area contributed by atoms with E-state index in [1.807, 2.05) is 25.1 Å². The molecule has 2 aromatic rings. The minimum Gasteiger partial charge on any atom is -0.345 e. The lowest BCUT2D eigenvalue weighted by Crippen LogP contribution is -2.28. The molecule has 1 fully saturated rings. The number of rotatable bonds is 6. The van der Waals surface area contributed by atoms with E-state index in [-0.39, 0.29) is 28.4 Å². The SMILES string of the molecule is C[C@H](NC(=O)c1cccc(S(=O)(=O)NC2CC2)c1)c1ccccc1Cl. The van der Waals surface area contributed by atoms with Crippen molar-refractivity contribution in [2.24, 2.45) is 0 Å². The fourth-order valence-corrected chi connectivity index (χ4v) is 4.13. The van der Waals surface area contributed by atoms with Gasteiger partial charge in [-0.25, -0.2) is 13.1 Å². The zero-order chi connectivity index (χ0) is 18.0. The number of sulfonamides is 1. The van der Waals surface area contributed by atoms with Gasteiger partial charge in [0.15, 0.2) is 0 Å². The first-order valence-corrected chi connectivity index (χ1v) is 9.90. The highest BCUT2D eigenvalue weighted by Gasteiger charge is 2.28. The average molecular weight is 379 g/mol. The predicted octanol–water partition coefficient (Wildman–Crippen LogP) is 3.27. The van der Waals surface area contributed by atoms with Crippen LogP contribution < -0.4 is 10.0 Å². The van der Waals surface area contributed by atoms with E-state index in [1.54, 1.807) is 18.2 Å². The number of nitrogens with one attached hydrogen (secondary N) is 2. The van der Waals surface area contributed by atoms with Gasteiger partial charge in [0.1, 0.15) is 0 Å². The van der Waals surface area contributed by atoms with Crippen LogP contribution in [0, 0.1) is 0 Å². The highest BCUT2D eigenvalue weighted by molar-refractivity contribution is 7.89. The molecule has 1 aliphatic carbocycles. The lowest BCUT2D eigenvalue weighted by atomic mass is 10.1. The summed E-state index contributed by atoms with van der Waals surface area (Å²) in [4.78, 5) is 12.6. The largest absolute Gasteiger partial charge is 0.345 e. The van der Waals surface area contributed by atoms with Gasteiger partial charge in [0.2, 0.25) is 10.0 Å². The fraction of sp³-hybridized carbons (Fsp3) is 0.278. The van der Waals surface area contributed by atoms with Crippen LogP contribution in [0.3, 0.4) is 0 Å². The van der Waals surface area contributed by atoms with Crippen molar-refractivity contribution in [3.8, 4) is 0 Å². The van der Waals surface area contributed by atoms with Gasteiger partial charge in [-0.1, -0.05) is 35.9 Å². The Morgan fingerprint density at radius 1 is 1.16 bits per heavy atom. The maximum atomic E-state index is 12.5. The number of carbonyl (C=O) groups is 1. The van der Waals surface area contributed by atoms with Gasteiger partial charge in [0.05, 0.1) is 10.9 Å². The first kappa shape index (κ1) is 17.9. The molecule has 5 nitrogen and oxygen atoms in total. The first-order valence-electron chi connectivity index (χ1n) is 8.04. The predicted molar refractivity (Wildman–Crippen MR) is 97.1 cm³/mol. The molecule has 7 heteroatoms. The second kappa shape index (κ2) is 7.15. The molecule has 3 rings (SSSR count). The Kier molecular flexibility index (Phi) is 5.13. The molecule has 0 radical (unpaired) electrons. The number of hydrogen-bond acceptors (Lipinski definition) is 3. The van der Waals surface area contributed by atoms with Crippen LogP contribution in [0.4, 0.5) is 0 Å². The Morgan fingerprint density at radius 3 is 2.56 bits per heavy atom. The molecule has 0 heterocycles. The van der Waals surface area contributed by atoms with Gasteiger partial charge in [-0.3, -0.25) is 4.79 Å². The summed E-state index contributed by atoms with van der Waals surface area (Å²) in [5.74, 6) is -0.351. The second-order valence-electron chi connectivity index (χ2n) is 6.14. The van der Waals surface area contributed by atoms with Gasteiger partial charge < -0.3 is 5.32 Å². The number of hydrogen-bond donors (Lipinski definition) is 2. The number of halogens is 1. The van der Waals surface area contributed by atoms with Crippen molar-refractivity contribution < 1.29 is 13.2 Å². The molecule has 1 amide bonds. The number of benzene rings is 2. The minimum absolute atomic E-state index is 0.0164. The van der Waals surface area contributed by atoms with Crippen molar-refractivity contribution >= 4 is 27.5 Å². The average Bonchev–Trinajstić information content (AvgIpc) is 3.38. The fourth-order valence-electron chi connectivity index (χ4n) is 2.48. The van der Waals surface area contributed by atoms with E-state index < -0.39 is 10.0 Å². The number of carbonyl (C=O) groups excluding carboxylic acids is 1. The van der Waals surface area contributed by atoms with E-state index >= 15 is 0 Å². The van der Waals surface area contributed by atoms with Gasteiger partial charge in [0, 0.05) is 16.6 Å². The molecule has 25 heavy (non-hydrogen) atoms. The lowest BCUT2D eigenvalue weighted by Gasteiger charge is -2.16. The molecule has 1 atom stereocenters. The van der Waals surface area contributed by atoms with E-state index in [0.29, 0.717) is 5.02 Å². The van der Waals surface area contributed by atoms with Crippen molar-refractivity contribution in [3.63, 3.8) is 0 Å². The van der Waals surface area contributed by atoms with Crippen LogP contribution in [0.15, 0.2) is 53.4 Å². The summed E-state index contributed by atoms with van der Waals surface area (Å²) in [6, 6.07) is 13.0. The van der Waals surface area contributed by atoms with E-state index in [1.165, 1.54) is 12.1 Å². The minimum atomic E-state index is -3.59. The summed E-state index contributed by atoms with van der Waals surface area (Å²) in [5.41, 5.74) is 1.09. The third-order valence-electron chi connectivity index (χ3n) is 4.03. The van der Waals surface area contributed by atoms with Crippen LogP contribution in [0.2, 0.25) is 5.02 Å². The molecule has 132 valence electrons. The Morgan fingerprint density at radius 2 is 1.88 bits per heavy atom. The third-order valence-corrected chi connectivity index (χ3v) is 5.89. The topological polar surface area (TPSA) is 75.3 Å². The molecule has 1 saturated carbocycles. The Balaban J connectivity index is 1.76. The first-order chi connectivity index (χ1) is 11.9. The summed E-state index contributed by atoms with van der Waals surface area (Å²) in [7, 11) is -3.59. The summed E-state index contributed by atoms with van der Waals surface area (Å²) in [5, 5.41) is 3.42. The van der Waals surface area contributed by atoms with E-state index in [9.17, 15) is 13.2 Å². The zero-order valence-electron chi connectivity index (χ0n) is 13.7. The normalized spacial score (nSPS) is 15.6. The summed E-state index contributed by atoms with van der Waals surface area (Å²) < 4.78 is 27.2. The van der Waals surface area contributed by atoms with Crippen molar-refractivity contribution in [2.75, 3.05) is 0 Å². The standard InChI is InChI=1S/C18H19ClN2O3S/c1-12(16-7-2-3-8-17(16)19)20-18(22)13-5-4-6-15(11-13)25(23,24)21-14-9-10-14/h2-8,11-12,14,21H,9-10H2,1H3,(H,20,22)/t12-/m0/s1. The zero-order valence-corrected chi connectivity index (χ0v) is 15.3. The summed E-state index contributed by atoms with van der Waals surface area (Å²) in [6.07, 6.45) is 1.71. The maximum absolute atomic E-state index is 12.5. The van der Waals surface area contributed by atoms with Crippen LogP contribution in [0.25, 0.3) is 0 Å². The molecule has 0 aromatic heterocycles. The van der Waals surface area contributed by atoms with Gasteiger partial charge in [-0.15, -0.1) is 0 Å². The monoisotopic (exact) mass is 378 g/mol. The van der Waals surface area contributed by atoms with Gasteiger partial charge in [-0.05, 0) is 49.6 Å². The van der Waals surface area contributed by atoms with Crippen molar-refractivity contribution in [2.45, 2.75) is 36.7 Å². The maximum Gasteiger partial charge on any atom is 0.251 e. The molecule has 2 N–H and O–H groups in total. The van der Waals surface area contributed by atoms with Crippen molar-refractivity contribution in [3.05, 3.63) is 64.7 Å². The van der Waals surface area contributed by atoms with Crippen LogP contribution in [0.5, 0.6) is 0 Å². The molecule has 0 bridgehead atoms. The summed E-state index contributed by atoms with van der Waals surface area (Å²) in [6.45, 7) is 1.83. The second-order valence-corrected chi connectivity index (χ2v) is 8.26. The molecule has 0 unspecified atom stereocenters. The Hall–Kier alpha value is -1.89. The van der Waals surface area contributed by atoms with Crippen LogP contribution in [0.1, 0.15) is 41.7 Å². The molecule has 0 aliphatic heterocycles. The van der Waals surface area contributed by atoms with E-state index in [0.717, 1.165) is 18.4 Å². The van der Waals surface area contributed by atoms with Crippen molar-refractivity contribution in [1.29, 1.82) is 0 Å². The third kappa shape index (κ3) is 4.39. The molecule has 1 aliphatic rings. The summed E-state index contributed by atoms with van der Waals surface area (Å²) >= 11 is 6.15. The Bertz CT molecular complexity index is 895. The highest BCUT2D eigenvalue weighted by Crippen LogP contribution is 2.24. The van der Waals surface area contributed by atoms with Crippen LogP contribution >= 0.6 is 11.6 Å². The van der Waals surface area contributed by atoms with E-state index in [4.69, 9.17) is 11.6 Å². The lowest BCUT2D eigenvalue weighted by molar-refractivity contribution is 0.0939. The molecule has 0 saturated heterocycles. The smallest absolute Gasteiger partial charge is 0.251 e. The highest BCUT2D eigenvalue weighted by atomic mass is 35.5. The quantitative estimate of drug-likeness (QED) is 0.810. The molecule has 0 spiro atoms. The number of amides is 1. The van der Waals surface area contributed by atoms with Gasteiger partial charge in [-0.2, -0.15) is 0 Å². The molecule has 2 aromatic carbocycles. The molecular formula is C18H19ClN2O3S. The van der Waals surface area contributed by atoms with Gasteiger partial charge in [0.25, 0.3) is 5.91 Å². The van der Waals surface area contributed by atoms with E-state index in [2.05, 4.69) is 10.0 Å². The van der Waals surface area contributed by atoms with Crippen LogP contribution in [-0.2, 0) is 10.0 Å². The Labute approximate surface area is 152 Å². The van der Waals surface area contributed by atoms with Gasteiger partial charge >= 0.3 is 0 Å².